The number of nitrogens with two attached hydrogens (primary N) is 1. The fraction of sp³-hybridized carbons (Fsp3) is 0.385. The number of halogens is 2. The third kappa shape index (κ3) is 4.54. The van der Waals surface area contributed by atoms with E-state index in [0.717, 1.165) is 18.9 Å². The minimum atomic E-state index is -0.702. The van der Waals surface area contributed by atoms with Crippen LogP contribution in [0.2, 0.25) is 0 Å². The maximum absolute atomic E-state index is 14.3. The van der Waals surface area contributed by atoms with E-state index >= 15 is 0 Å². The molecule has 1 aromatic heterocycles. The van der Waals surface area contributed by atoms with Gasteiger partial charge >= 0.3 is 0 Å². The summed E-state index contributed by atoms with van der Waals surface area (Å²) in [4.78, 5) is 34.6. The molecule has 2 aromatic carbocycles. The van der Waals surface area contributed by atoms with Crippen LogP contribution >= 0.6 is 0 Å². The Balaban J connectivity index is 1.25. The number of imidazole rings is 1. The fourth-order valence-corrected chi connectivity index (χ4v) is 5.32. The van der Waals surface area contributed by atoms with Crippen LogP contribution < -0.4 is 5.73 Å². The Kier molecular flexibility index (Phi) is 6.41. The molecule has 5 rings (SSSR count). The lowest BCUT2D eigenvalue weighted by Crippen LogP contribution is -2.37. The van der Waals surface area contributed by atoms with Gasteiger partial charge in [-0.2, -0.15) is 5.26 Å². The van der Waals surface area contributed by atoms with E-state index < -0.39 is 23.6 Å². The van der Waals surface area contributed by atoms with Crippen LogP contribution in [0.3, 0.4) is 0 Å². The molecule has 2 amide bonds. The van der Waals surface area contributed by atoms with Gasteiger partial charge in [-0.15, -0.1) is 0 Å². The van der Waals surface area contributed by atoms with Crippen molar-refractivity contribution in [1.82, 2.24) is 14.6 Å². The lowest BCUT2D eigenvalue weighted by Gasteiger charge is -2.32. The topological polar surface area (TPSA) is 114 Å². The van der Waals surface area contributed by atoms with Gasteiger partial charge in [-0.25, -0.2) is 18.8 Å². The van der Waals surface area contributed by atoms with Crippen molar-refractivity contribution >= 4 is 22.8 Å². The lowest BCUT2D eigenvalue weighted by atomic mass is 9.81. The van der Waals surface area contributed by atoms with Crippen LogP contribution in [0.25, 0.3) is 11.0 Å². The Bertz CT molecular complexity index is 1370. The van der Waals surface area contributed by atoms with E-state index in [9.17, 15) is 18.4 Å². The van der Waals surface area contributed by atoms with Gasteiger partial charge in [0.1, 0.15) is 11.3 Å². The van der Waals surface area contributed by atoms with E-state index in [2.05, 4.69) is 4.98 Å². The fourth-order valence-electron chi connectivity index (χ4n) is 5.32. The molecule has 10 heteroatoms. The Morgan fingerprint density at radius 3 is 2.61 bits per heavy atom. The van der Waals surface area contributed by atoms with Gasteiger partial charge in [-0.1, -0.05) is 0 Å². The third-order valence-corrected chi connectivity index (χ3v) is 7.17. The van der Waals surface area contributed by atoms with Crippen molar-refractivity contribution in [2.24, 2.45) is 17.6 Å². The number of nitriles is 1. The average Bonchev–Trinajstić information content (AvgIpc) is 3.51. The zero-order chi connectivity index (χ0) is 25.4. The molecule has 1 saturated heterocycles. The number of hydroxylamine groups is 2. The summed E-state index contributed by atoms with van der Waals surface area (Å²) in [7, 11) is 0. The molecule has 8 nitrogen and oxygen atoms in total. The quantitative estimate of drug-likeness (QED) is 0.577. The van der Waals surface area contributed by atoms with Gasteiger partial charge in [-0.05, 0) is 67.5 Å². The molecule has 2 aliphatic rings. The highest BCUT2D eigenvalue weighted by molar-refractivity contribution is 5.96. The Morgan fingerprint density at radius 1 is 1.11 bits per heavy atom. The van der Waals surface area contributed by atoms with E-state index in [0.29, 0.717) is 43.5 Å². The Morgan fingerprint density at radius 2 is 1.89 bits per heavy atom. The summed E-state index contributed by atoms with van der Waals surface area (Å²) in [5, 5.41) is 10.5. The molecule has 3 aromatic rings. The second-order valence-corrected chi connectivity index (χ2v) is 9.49. The van der Waals surface area contributed by atoms with E-state index in [1.54, 1.807) is 18.5 Å². The second kappa shape index (κ2) is 9.66. The van der Waals surface area contributed by atoms with Gasteiger partial charge in [0.2, 0.25) is 11.8 Å². The monoisotopic (exact) mass is 493 g/mol. The number of benzene rings is 2. The maximum Gasteiger partial charge on any atom is 0.249 e. The number of nitrogens with zero attached hydrogens (tertiary/aromatic N) is 4. The van der Waals surface area contributed by atoms with Crippen LogP contribution in [0.1, 0.15) is 59.6 Å². The number of fused-ring (bicyclic) bond motifs is 1. The zero-order valence-electron chi connectivity index (χ0n) is 19.5. The smallest absolute Gasteiger partial charge is 0.249 e. The molecule has 1 atom stereocenters. The summed E-state index contributed by atoms with van der Waals surface area (Å²) in [5.41, 5.74) is 6.89. The Labute approximate surface area is 206 Å². The summed E-state index contributed by atoms with van der Waals surface area (Å²) in [6, 6.07) is 8.28. The molecule has 36 heavy (non-hydrogen) atoms. The van der Waals surface area contributed by atoms with Gasteiger partial charge < -0.3 is 10.3 Å². The van der Waals surface area contributed by atoms with Crippen molar-refractivity contribution in [1.29, 1.82) is 5.26 Å². The minimum Gasteiger partial charge on any atom is -0.366 e. The van der Waals surface area contributed by atoms with Gasteiger partial charge in [-0.3, -0.25) is 14.4 Å². The highest BCUT2D eigenvalue weighted by Crippen LogP contribution is 2.37. The molecule has 0 radical (unpaired) electrons. The number of amides is 2. The predicted molar refractivity (Wildman–Crippen MR) is 125 cm³/mol. The summed E-state index contributed by atoms with van der Waals surface area (Å²) in [6.07, 6.45) is 4.99. The van der Waals surface area contributed by atoms with Gasteiger partial charge in [0.15, 0.2) is 5.82 Å². The van der Waals surface area contributed by atoms with Crippen molar-refractivity contribution in [3.8, 4) is 6.07 Å². The summed E-state index contributed by atoms with van der Waals surface area (Å²) >= 11 is 0. The highest BCUT2D eigenvalue weighted by atomic mass is 19.1. The number of hydrogen-bond donors (Lipinski definition) is 1. The van der Waals surface area contributed by atoms with Crippen molar-refractivity contribution in [3.63, 3.8) is 0 Å². The first-order chi connectivity index (χ1) is 17.3. The van der Waals surface area contributed by atoms with Crippen LogP contribution in [-0.4, -0.2) is 33.0 Å². The molecular weight excluding hydrogens is 468 g/mol. The van der Waals surface area contributed by atoms with Crippen molar-refractivity contribution in [2.45, 2.75) is 44.7 Å². The van der Waals surface area contributed by atoms with E-state index in [4.69, 9.17) is 15.8 Å². The number of aromatic nitrogens is 2. The number of hydrogen-bond acceptors (Lipinski definition) is 5. The molecule has 1 aliphatic heterocycles. The first-order valence-corrected chi connectivity index (χ1v) is 11.9. The highest BCUT2D eigenvalue weighted by Gasteiger charge is 2.37. The SMILES string of the molecule is N#Cc1cc(F)cc([C@@H]2CCON2C(=O)[C@H]2CC[C@H](Cn3cnc4c(F)cc(C(N)=O)cc43)CC2)c1. The van der Waals surface area contributed by atoms with Gasteiger partial charge in [0.25, 0.3) is 0 Å². The standard InChI is InChI=1S/C26H25F2N5O3/c27-20-8-16(12-29)7-18(9-20)22-5-6-36-33(22)26(35)17-3-1-15(2-4-17)13-32-14-31-24-21(28)10-19(25(30)34)11-23(24)32/h7-11,14-15,17,22H,1-6,13H2,(H2,30,34)/t15-,17-,22-/m0/s1. The van der Waals surface area contributed by atoms with Crippen LogP contribution in [0, 0.1) is 34.8 Å². The van der Waals surface area contributed by atoms with Crippen LogP contribution in [-0.2, 0) is 16.2 Å². The number of carbonyl (C=O) groups is 2. The first kappa shape index (κ1) is 23.9. The van der Waals surface area contributed by atoms with Crippen molar-refractivity contribution < 1.29 is 23.2 Å². The molecule has 0 bridgehead atoms. The lowest BCUT2D eigenvalue weighted by molar-refractivity contribution is -0.183. The molecule has 2 fully saturated rings. The molecule has 1 saturated carbocycles. The van der Waals surface area contributed by atoms with Crippen LogP contribution in [0.4, 0.5) is 8.78 Å². The number of primary amides is 1. The molecule has 186 valence electrons. The molecule has 0 spiro atoms. The second-order valence-electron chi connectivity index (χ2n) is 9.49. The summed E-state index contributed by atoms with van der Waals surface area (Å²) in [5.74, 6) is -1.90. The number of rotatable bonds is 5. The Hall–Kier alpha value is -3.84. The molecular formula is C26H25F2N5O3. The van der Waals surface area contributed by atoms with Gasteiger partial charge in [0, 0.05) is 24.4 Å². The summed E-state index contributed by atoms with van der Waals surface area (Å²) < 4.78 is 30.1. The average molecular weight is 494 g/mol. The molecule has 2 N–H and O–H groups in total. The normalized spacial score (nSPS) is 22.0. The number of carbonyl (C=O) groups excluding carboxylic acids is 2. The largest absolute Gasteiger partial charge is 0.366 e. The van der Waals surface area contributed by atoms with Crippen molar-refractivity contribution in [2.75, 3.05) is 6.61 Å². The predicted octanol–water partition coefficient (Wildman–Crippen LogP) is 4.00. The zero-order valence-corrected chi connectivity index (χ0v) is 19.5. The van der Waals surface area contributed by atoms with Crippen LogP contribution in [0.15, 0.2) is 36.7 Å². The molecule has 2 heterocycles. The first-order valence-electron chi connectivity index (χ1n) is 11.9. The van der Waals surface area contributed by atoms with Crippen LogP contribution in [0.5, 0.6) is 0 Å². The van der Waals surface area contributed by atoms with E-state index in [1.165, 1.54) is 17.2 Å². The molecule has 0 unspecified atom stereocenters. The van der Waals surface area contributed by atoms with E-state index in [1.807, 2.05) is 10.6 Å². The minimum absolute atomic E-state index is 0.0939. The molecule has 1 aliphatic carbocycles. The van der Waals surface area contributed by atoms with Crippen molar-refractivity contribution in [3.05, 3.63) is 65.0 Å². The third-order valence-electron chi connectivity index (χ3n) is 7.17. The maximum atomic E-state index is 14.3. The summed E-state index contributed by atoms with van der Waals surface area (Å²) in [6.45, 7) is 0.934. The van der Waals surface area contributed by atoms with Gasteiger partial charge in [0.05, 0.1) is 36.1 Å². The van der Waals surface area contributed by atoms with E-state index in [-0.39, 0.29) is 34.4 Å².